The largest absolute Gasteiger partial charge is 0.489 e. The lowest BCUT2D eigenvalue weighted by Gasteiger charge is -2.37. The van der Waals surface area contributed by atoms with E-state index in [-0.39, 0.29) is 22.4 Å². The maximum atomic E-state index is 12.1. The zero-order valence-electron chi connectivity index (χ0n) is 21.2. The summed E-state index contributed by atoms with van der Waals surface area (Å²) in [5.74, 6) is 2.05. The van der Waals surface area contributed by atoms with Crippen LogP contribution in [0.2, 0.25) is 0 Å². The maximum absolute atomic E-state index is 12.1. The standard InChI is InChI=1S/C27H31NO6S2/c1-15-16(2)24-20(17(3)23(15)33-22(29)13-35-5)10-11-27(4,34-24)14-32-19-8-6-18(7-9-19)12-21-25(30)28-26(31)36-21/h6-9,21H,10-14H2,1-5H3,(H,28,30,31). The van der Waals surface area contributed by atoms with Crippen LogP contribution in [0.4, 0.5) is 4.79 Å². The van der Waals surface area contributed by atoms with Gasteiger partial charge in [-0.15, -0.1) is 0 Å². The van der Waals surface area contributed by atoms with E-state index in [0.717, 1.165) is 58.2 Å². The molecule has 1 fully saturated rings. The van der Waals surface area contributed by atoms with Gasteiger partial charge in [-0.3, -0.25) is 19.7 Å². The van der Waals surface area contributed by atoms with Gasteiger partial charge in [0, 0.05) is 5.56 Å². The van der Waals surface area contributed by atoms with Gasteiger partial charge in [-0.25, -0.2) is 0 Å². The van der Waals surface area contributed by atoms with Crippen LogP contribution in [0, 0.1) is 20.8 Å². The summed E-state index contributed by atoms with van der Waals surface area (Å²) < 4.78 is 18.3. The van der Waals surface area contributed by atoms with E-state index in [9.17, 15) is 14.4 Å². The Bertz CT molecular complexity index is 1200. The Hall–Kier alpha value is -2.65. The first kappa shape index (κ1) is 26.4. The van der Waals surface area contributed by atoms with Gasteiger partial charge in [-0.05, 0) is 87.6 Å². The van der Waals surface area contributed by atoms with Gasteiger partial charge in [0.15, 0.2) is 0 Å². The Morgan fingerprint density at radius 1 is 1.17 bits per heavy atom. The van der Waals surface area contributed by atoms with E-state index < -0.39 is 5.60 Å². The molecule has 9 heteroatoms. The predicted octanol–water partition coefficient (Wildman–Crippen LogP) is 4.94. The number of hydrogen-bond acceptors (Lipinski definition) is 8. The molecule has 0 radical (unpaired) electrons. The van der Waals surface area contributed by atoms with Crippen molar-refractivity contribution in [1.29, 1.82) is 0 Å². The highest BCUT2D eigenvalue weighted by Crippen LogP contribution is 2.44. The van der Waals surface area contributed by atoms with Crippen LogP contribution in [-0.4, -0.2) is 46.6 Å². The van der Waals surface area contributed by atoms with Crippen molar-refractivity contribution in [2.24, 2.45) is 0 Å². The second-order valence-corrected chi connectivity index (χ2v) is 11.5. The van der Waals surface area contributed by atoms with E-state index in [4.69, 9.17) is 14.2 Å². The van der Waals surface area contributed by atoms with Crippen molar-refractivity contribution in [1.82, 2.24) is 5.32 Å². The number of thioether (sulfide) groups is 2. The zero-order valence-corrected chi connectivity index (χ0v) is 22.8. The smallest absolute Gasteiger partial charge is 0.321 e. The summed E-state index contributed by atoms with van der Waals surface area (Å²) in [4.78, 5) is 35.3. The van der Waals surface area contributed by atoms with Gasteiger partial charge in [0.1, 0.15) is 29.5 Å². The van der Waals surface area contributed by atoms with Gasteiger partial charge in [0.2, 0.25) is 5.91 Å². The van der Waals surface area contributed by atoms with Gasteiger partial charge in [-0.1, -0.05) is 23.9 Å². The first-order valence-corrected chi connectivity index (χ1v) is 14.1. The topological polar surface area (TPSA) is 90.9 Å². The lowest BCUT2D eigenvalue weighted by Crippen LogP contribution is -2.42. The lowest BCUT2D eigenvalue weighted by molar-refractivity contribution is -0.131. The molecule has 1 saturated heterocycles. The fourth-order valence-electron chi connectivity index (χ4n) is 4.50. The van der Waals surface area contributed by atoms with E-state index in [2.05, 4.69) is 5.32 Å². The number of carbonyl (C=O) groups excluding carboxylic acids is 3. The Kier molecular flexibility index (Phi) is 7.90. The first-order valence-electron chi connectivity index (χ1n) is 11.8. The summed E-state index contributed by atoms with van der Waals surface area (Å²) in [6.07, 6.45) is 3.94. The molecule has 0 aromatic heterocycles. The normalized spacial score (nSPS) is 21.0. The van der Waals surface area contributed by atoms with Crippen LogP contribution in [0.25, 0.3) is 0 Å². The maximum Gasteiger partial charge on any atom is 0.321 e. The van der Waals surface area contributed by atoms with E-state index in [1.807, 2.05) is 58.2 Å². The fourth-order valence-corrected chi connectivity index (χ4v) is 5.65. The molecule has 2 unspecified atom stereocenters. The Morgan fingerprint density at radius 2 is 1.89 bits per heavy atom. The molecule has 2 amide bonds. The summed E-state index contributed by atoms with van der Waals surface area (Å²) in [6, 6.07) is 7.59. The molecule has 36 heavy (non-hydrogen) atoms. The van der Waals surface area contributed by atoms with Gasteiger partial charge >= 0.3 is 5.97 Å². The van der Waals surface area contributed by atoms with Gasteiger partial charge in [0.25, 0.3) is 5.24 Å². The number of rotatable bonds is 8. The molecule has 2 aromatic carbocycles. The zero-order chi connectivity index (χ0) is 26.0. The van der Waals surface area contributed by atoms with Crippen LogP contribution in [0.1, 0.15) is 41.2 Å². The molecule has 192 valence electrons. The minimum absolute atomic E-state index is 0.237. The molecular weight excluding hydrogens is 498 g/mol. The molecule has 2 atom stereocenters. The van der Waals surface area contributed by atoms with Gasteiger partial charge < -0.3 is 14.2 Å². The number of carbonyl (C=O) groups is 3. The Balaban J connectivity index is 1.42. The third-order valence-corrected chi connectivity index (χ3v) is 8.20. The Morgan fingerprint density at radius 3 is 2.53 bits per heavy atom. The second-order valence-electron chi connectivity index (χ2n) is 9.49. The fraction of sp³-hybridized carbons (Fsp3) is 0.444. The third kappa shape index (κ3) is 5.67. The molecule has 2 aliphatic heterocycles. The van der Waals surface area contributed by atoms with Crippen molar-refractivity contribution in [3.8, 4) is 17.2 Å². The quantitative estimate of drug-likeness (QED) is 0.380. The number of amides is 2. The van der Waals surface area contributed by atoms with Crippen molar-refractivity contribution in [2.45, 2.75) is 57.8 Å². The number of imide groups is 1. The van der Waals surface area contributed by atoms with Crippen LogP contribution < -0.4 is 19.5 Å². The number of esters is 1. The number of benzene rings is 2. The third-order valence-electron chi connectivity index (χ3n) is 6.70. The van der Waals surface area contributed by atoms with Crippen LogP contribution in [-0.2, 0) is 22.4 Å². The average Bonchev–Trinajstić information content (AvgIpc) is 3.16. The monoisotopic (exact) mass is 529 g/mol. The van der Waals surface area contributed by atoms with Crippen LogP contribution >= 0.6 is 23.5 Å². The average molecular weight is 530 g/mol. The highest BCUT2D eigenvalue weighted by Gasteiger charge is 2.36. The number of ether oxygens (including phenoxy) is 3. The summed E-state index contributed by atoms with van der Waals surface area (Å²) in [7, 11) is 0. The molecule has 7 nitrogen and oxygen atoms in total. The molecule has 2 heterocycles. The number of fused-ring (bicyclic) bond motifs is 1. The van der Waals surface area contributed by atoms with E-state index in [1.54, 1.807) is 0 Å². The van der Waals surface area contributed by atoms with Crippen molar-refractivity contribution in [3.63, 3.8) is 0 Å². The van der Waals surface area contributed by atoms with Gasteiger partial charge in [0.05, 0.1) is 11.0 Å². The van der Waals surface area contributed by atoms with Crippen molar-refractivity contribution in [3.05, 3.63) is 52.1 Å². The SMILES string of the molecule is CSCC(=O)Oc1c(C)c(C)c2c(c1C)CCC(C)(COc1ccc(CC3SC(=O)NC3=O)cc1)O2. The number of nitrogens with one attached hydrogen (secondary N) is 1. The van der Waals surface area contributed by atoms with Gasteiger partial charge in [-0.2, -0.15) is 11.8 Å². The van der Waals surface area contributed by atoms with Crippen molar-refractivity contribution in [2.75, 3.05) is 18.6 Å². The van der Waals surface area contributed by atoms with E-state index in [0.29, 0.717) is 30.3 Å². The summed E-state index contributed by atoms with van der Waals surface area (Å²) in [5, 5.41) is 1.64. The molecule has 0 bridgehead atoms. The lowest BCUT2D eigenvalue weighted by atomic mass is 9.87. The van der Waals surface area contributed by atoms with Crippen LogP contribution in [0.15, 0.2) is 24.3 Å². The van der Waals surface area contributed by atoms with Crippen molar-refractivity contribution < 1.29 is 28.6 Å². The summed E-state index contributed by atoms with van der Waals surface area (Å²) in [5.41, 5.74) is 4.39. The minimum Gasteiger partial charge on any atom is -0.489 e. The Labute approximate surface area is 220 Å². The van der Waals surface area contributed by atoms with Crippen LogP contribution in [0.5, 0.6) is 17.2 Å². The van der Waals surface area contributed by atoms with Crippen molar-refractivity contribution >= 4 is 40.6 Å². The second kappa shape index (κ2) is 10.8. The molecule has 2 aromatic rings. The van der Waals surface area contributed by atoms with Crippen LogP contribution in [0.3, 0.4) is 0 Å². The highest BCUT2D eigenvalue weighted by atomic mass is 32.2. The molecule has 0 spiro atoms. The van der Waals surface area contributed by atoms with E-state index in [1.165, 1.54) is 11.8 Å². The predicted molar refractivity (Wildman–Crippen MR) is 143 cm³/mol. The highest BCUT2D eigenvalue weighted by molar-refractivity contribution is 8.15. The summed E-state index contributed by atoms with van der Waals surface area (Å²) in [6.45, 7) is 8.38. The molecule has 4 rings (SSSR count). The summed E-state index contributed by atoms with van der Waals surface area (Å²) >= 11 is 2.47. The molecule has 1 N–H and O–H groups in total. The minimum atomic E-state index is -0.509. The number of hydrogen-bond donors (Lipinski definition) is 1. The molecule has 0 aliphatic carbocycles. The molecule has 0 saturated carbocycles. The molecule has 2 aliphatic rings. The first-order chi connectivity index (χ1) is 17.1. The molecular formula is C27H31NO6S2. The van der Waals surface area contributed by atoms with E-state index >= 15 is 0 Å².